The molecule has 1 aromatic rings. The lowest BCUT2D eigenvalue weighted by molar-refractivity contribution is -0.156. The average Bonchev–Trinajstić information content (AvgIpc) is 2.50. The van der Waals surface area contributed by atoms with Crippen LogP contribution in [0.5, 0.6) is 5.75 Å². The molecule has 0 aliphatic carbocycles. The Morgan fingerprint density at radius 1 is 1.17 bits per heavy atom. The zero-order chi connectivity index (χ0) is 18.5. The minimum Gasteiger partial charge on any atom is -0.493 e. The van der Waals surface area contributed by atoms with Gasteiger partial charge in [-0.15, -0.1) is 0 Å². The summed E-state index contributed by atoms with van der Waals surface area (Å²) in [7, 11) is 0. The molecule has 24 heavy (non-hydrogen) atoms. The van der Waals surface area contributed by atoms with E-state index < -0.39 is 17.0 Å². The second-order valence-corrected chi connectivity index (χ2v) is 7.12. The highest BCUT2D eigenvalue weighted by Gasteiger charge is 2.34. The quantitative estimate of drug-likeness (QED) is 0.674. The lowest BCUT2D eigenvalue weighted by atomic mass is 9.83. The molecule has 0 bridgehead atoms. The number of aliphatic hydroxyl groups is 1. The summed E-state index contributed by atoms with van der Waals surface area (Å²) in [5.41, 5.74) is -2.10. The SMILES string of the molecule is CC(C)COc1ccc(C(C)(C)C(=O)NCC(C)(O)C(=O)O)cc1. The molecule has 0 saturated carbocycles. The lowest BCUT2D eigenvalue weighted by Gasteiger charge is -2.27. The van der Waals surface area contributed by atoms with Crippen LogP contribution in [0.15, 0.2) is 24.3 Å². The number of rotatable bonds is 8. The maximum Gasteiger partial charge on any atom is 0.337 e. The van der Waals surface area contributed by atoms with Crippen LogP contribution in [0.3, 0.4) is 0 Å². The van der Waals surface area contributed by atoms with Gasteiger partial charge in [-0.2, -0.15) is 0 Å². The molecule has 6 nitrogen and oxygen atoms in total. The van der Waals surface area contributed by atoms with Crippen LogP contribution in [0.25, 0.3) is 0 Å². The molecule has 0 aliphatic rings. The number of benzene rings is 1. The van der Waals surface area contributed by atoms with E-state index in [1.807, 2.05) is 12.1 Å². The summed E-state index contributed by atoms with van der Waals surface area (Å²) < 4.78 is 5.62. The number of hydrogen-bond donors (Lipinski definition) is 3. The van der Waals surface area contributed by atoms with E-state index in [1.165, 1.54) is 0 Å². The number of hydrogen-bond acceptors (Lipinski definition) is 4. The molecule has 0 radical (unpaired) electrons. The Kier molecular flexibility index (Phi) is 6.37. The highest BCUT2D eigenvalue weighted by Crippen LogP contribution is 2.26. The van der Waals surface area contributed by atoms with Crippen molar-refractivity contribution in [3.63, 3.8) is 0 Å². The topological polar surface area (TPSA) is 95.9 Å². The number of carboxylic acids is 1. The number of carbonyl (C=O) groups is 2. The zero-order valence-corrected chi connectivity index (χ0v) is 14.9. The first-order chi connectivity index (χ1) is 11.0. The van der Waals surface area contributed by atoms with Crippen LogP contribution in [0.1, 0.15) is 40.2 Å². The molecule has 1 amide bonds. The van der Waals surface area contributed by atoms with Crippen molar-refractivity contribution in [1.29, 1.82) is 0 Å². The predicted octanol–water partition coefficient (Wildman–Crippen LogP) is 1.95. The van der Waals surface area contributed by atoms with Gasteiger partial charge < -0.3 is 20.3 Å². The third-order valence-corrected chi connectivity index (χ3v) is 3.78. The van der Waals surface area contributed by atoms with Gasteiger partial charge in [-0.05, 0) is 44.4 Å². The summed E-state index contributed by atoms with van der Waals surface area (Å²) in [6.45, 7) is 9.00. The van der Waals surface area contributed by atoms with Crippen LogP contribution in [-0.4, -0.2) is 40.8 Å². The molecule has 1 aromatic carbocycles. The molecule has 1 atom stereocenters. The molecule has 1 unspecified atom stereocenters. The number of amides is 1. The van der Waals surface area contributed by atoms with Crippen LogP contribution in [0.2, 0.25) is 0 Å². The van der Waals surface area contributed by atoms with E-state index in [-0.39, 0.29) is 12.5 Å². The Hall–Kier alpha value is -2.08. The van der Waals surface area contributed by atoms with Crippen molar-refractivity contribution >= 4 is 11.9 Å². The minimum absolute atomic E-state index is 0.361. The van der Waals surface area contributed by atoms with Crippen molar-refractivity contribution in [3.8, 4) is 5.75 Å². The summed E-state index contributed by atoms with van der Waals surface area (Å²) in [5, 5.41) is 21.1. The van der Waals surface area contributed by atoms with Crippen LogP contribution < -0.4 is 10.1 Å². The van der Waals surface area contributed by atoms with Gasteiger partial charge in [0, 0.05) is 0 Å². The highest BCUT2D eigenvalue weighted by atomic mass is 16.5. The van der Waals surface area contributed by atoms with Crippen molar-refractivity contribution in [2.45, 2.75) is 45.6 Å². The van der Waals surface area contributed by atoms with Gasteiger partial charge in [0.05, 0.1) is 18.6 Å². The molecular formula is C18H27NO5. The summed E-state index contributed by atoms with van der Waals surface area (Å²) in [5.74, 6) is -0.585. The standard InChI is InChI=1S/C18H27NO5/c1-12(2)10-24-14-8-6-13(7-9-14)17(3,4)15(20)19-11-18(5,23)16(21)22/h6-9,12,23H,10-11H2,1-5H3,(H,19,20)(H,21,22). The molecule has 0 aromatic heterocycles. The van der Waals surface area contributed by atoms with Gasteiger partial charge in [-0.1, -0.05) is 26.0 Å². The highest BCUT2D eigenvalue weighted by molar-refractivity contribution is 5.88. The Labute approximate surface area is 142 Å². The maximum atomic E-state index is 12.4. The fraction of sp³-hybridized carbons (Fsp3) is 0.556. The first-order valence-corrected chi connectivity index (χ1v) is 7.94. The number of nitrogens with one attached hydrogen (secondary N) is 1. The fourth-order valence-electron chi connectivity index (χ4n) is 1.91. The van der Waals surface area contributed by atoms with E-state index in [9.17, 15) is 14.7 Å². The molecule has 134 valence electrons. The zero-order valence-electron chi connectivity index (χ0n) is 14.9. The lowest BCUT2D eigenvalue weighted by Crippen LogP contribution is -2.50. The molecule has 0 aliphatic heterocycles. The number of carbonyl (C=O) groups excluding carboxylic acids is 1. The van der Waals surface area contributed by atoms with E-state index >= 15 is 0 Å². The van der Waals surface area contributed by atoms with Crippen LogP contribution >= 0.6 is 0 Å². The fourth-order valence-corrected chi connectivity index (χ4v) is 1.91. The first-order valence-electron chi connectivity index (χ1n) is 7.94. The smallest absolute Gasteiger partial charge is 0.337 e. The van der Waals surface area contributed by atoms with E-state index in [2.05, 4.69) is 19.2 Å². The predicted molar refractivity (Wildman–Crippen MR) is 91.1 cm³/mol. The number of carboxylic acid groups (broad SMARTS) is 1. The molecule has 0 saturated heterocycles. The van der Waals surface area contributed by atoms with Crippen LogP contribution in [0, 0.1) is 5.92 Å². The molecule has 3 N–H and O–H groups in total. The second-order valence-electron chi connectivity index (χ2n) is 7.12. The van der Waals surface area contributed by atoms with E-state index in [0.717, 1.165) is 18.2 Å². The van der Waals surface area contributed by atoms with Gasteiger partial charge in [-0.25, -0.2) is 4.79 Å². The Morgan fingerprint density at radius 3 is 2.17 bits per heavy atom. The average molecular weight is 337 g/mol. The maximum absolute atomic E-state index is 12.4. The molecular weight excluding hydrogens is 310 g/mol. The first kappa shape index (κ1) is 20.0. The third kappa shape index (κ3) is 5.23. The van der Waals surface area contributed by atoms with Crippen LogP contribution in [0.4, 0.5) is 0 Å². The largest absolute Gasteiger partial charge is 0.493 e. The van der Waals surface area contributed by atoms with Crippen molar-refractivity contribution in [2.75, 3.05) is 13.2 Å². The summed E-state index contributed by atoms with van der Waals surface area (Å²) in [6.07, 6.45) is 0. The van der Waals surface area contributed by atoms with Gasteiger partial charge in [0.15, 0.2) is 5.60 Å². The van der Waals surface area contributed by atoms with Crippen molar-refractivity contribution in [1.82, 2.24) is 5.32 Å². The summed E-state index contributed by atoms with van der Waals surface area (Å²) >= 11 is 0. The monoisotopic (exact) mass is 337 g/mol. The minimum atomic E-state index is -2.00. The molecule has 0 heterocycles. The van der Waals surface area contributed by atoms with Gasteiger partial charge in [0.2, 0.25) is 5.91 Å². The summed E-state index contributed by atoms with van der Waals surface area (Å²) in [4.78, 5) is 23.3. The van der Waals surface area contributed by atoms with E-state index in [0.29, 0.717) is 12.5 Å². The van der Waals surface area contributed by atoms with Gasteiger partial charge in [0.25, 0.3) is 0 Å². The van der Waals surface area contributed by atoms with Crippen molar-refractivity contribution in [3.05, 3.63) is 29.8 Å². The number of aliphatic carboxylic acids is 1. The third-order valence-electron chi connectivity index (χ3n) is 3.78. The van der Waals surface area contributed by atoms with Gasteiger partial charge >= 0.3 is 5.97 Å². The Bertz CT molecular complexity index is 576. The van der Waals surface area contributed by atoms with Crippen molar-refractivity contribution < 1.29 is 24.5 Å². The number of ether oxygens (including phenoxy) is 1. The van der Waals surface area contributed by atoms with Gasteiger partial charge in [0.1, 0.15) is 5.75 Å². The van der Waals surface area contributed by atoms with Crippen molar-refractivity contribution in [2.24, 2.45) is 5.92 Å². The van der Waals surface area contributed by atoms with Gasteiger partial charge in [-0.3, -0.25) is 4.79 Å². The van der Waals surface area contributed by atoms with E-state index in [1.54, 1.807) is 26.0 Å². The van der Waals surface area contributed by atoms with E-state index in [4.69, 9.17) is 9.84 Å². The molecule has 6 heteroatoms. The second kappa shape index (κ2) is 7.66. The molecule has 0 spiro atoms. The summed E-state index contributed by atoms with van der Waals surface area (Å²) in [6, 6.07) is 7.23. The normalized spacial score (nSPS) is 14.1. The van der Waals surface area contributed by atoms with Crippen LogP contribution in [-0.2, 0) is 15.0 Å². The molecule has 0 fully saturated rings. The molecule has 1 rings (SSSR count). The Balaban J connectivity index is 2.76. The Morgan fingerprint density at radius 2 is 1.71 bits per heavy atom.